The van der Waals surface area contributed by atoms with Gasteiger partial charge in [-0.05, 0) is 17.5 Å². The predicted molar refractivity (Wildman–Crippen MR) is 62.8 cm³/mol. The van der Waals surface area contributed by atoms with Gasteiger partial charge in [0.25, 0.3) is 11.5 Å². The minimum absolute atomic E-state index is 0.0227. The van der Waals surface area contributed by atoms with E-state index in [0.29, 0.717) is 5.52 Å². The van der Waals surface area contributed by atoms with E-state index in [2.05, 4.69) is 10.3 Å². The van der Waals surface area contributed by atoms with Crippen LogP contribution in [0, 0.1) is 0 Å². The van der Waals surface area contributed by atoms with E-state index in [-0.39, 0.29) is 11.6 Å². The van der Waals surface area contributed by atoms with Gasteiger partial charge in [-0.2, -0.15) is 0 Å². The minimum atomic E-state index is -0.470. The third-order valence-corrected chi connectivity index (χ3v) is 2.36. The van der Waals surface area contributed by atoms with E-state index < -0.39 is 11.5 Å². The number of amides is 1. The largest absolute Gasteiger partial charge is 0.338 e. The molecule has 0 aliphatic heterocycles. The number of alkyl halides is 1. The Morgan fingerprint density at radius 2 is 2.12 bits per heavy atom. The molecule has 0 spiro atoms. The van der Waals surface area contributed by atoms with Gasteiger partial charge in [-0.1, -0.05) is 18.2 Å². The number of carbonyl (C=O) groups is 1. The molecule has 1 aromatic carbocycles. The third kappa shape index (κ3) is 1.92. The standard InChI is InChI=1S/C11H9ClN2O2/c12-6-13-10(15)8-5-7-3-1-2-4-9(7)14-11(8)16/h1-5H,6H2,(H,13,15)(H,14,16). The number of aromatic nitrogens is 1. The van der Waals surface area contributed by atoms with Crippen LogP contribution in [0.2, 0.25) is 0 Å². The molecule has 82 valence electrons. The first-order valence-corrected chi connectivity index (χ1v) is 5.22. The number of pyridine rings is 1. The van der Waals surface area contributed by atoms with Crippen LogP contribution in [0.4, 0.5) is 0 Å². The second-order valence-electron chi connectivity index (χ2n) is 3.24. The number of fused-ring (bicyclic) bond motifs is 1. The van der Waals surface area contributed by atoms with Gasteiger partial charge < -0.3 is 10.3 Å². The Balaban J connectivity index is 2.58. The number of rotatable bonds is 2. The lowest BCUT2D eigenvalue weighted by atomic mass is 10.1. The van der Waals surface area contributed by atoms with Crippen molar-refractivity contribution in [3.63, 3.8) is 0 Å². The molecule has 0 fully saturated rings. The number of H-pyrrole nitrogens is 1. The lowest BCUT2D eigenvalue weighted by molar-refractivity contribution is 0.0959. The Kier molecular flexibility index (Phi) is 2.92. The van der Waals surface area contributed by atoms with Crippen LogP contribution in [0.25, 0.3) is 10.9 Å². The maximum atomic E-state index is 11.6. The Morgan fingerprint density at radius 3 is 2.88 bits per heavy atom. The van der Waals surface area contributed by atoms with Crippen molar-refractivity contribution in [3.05, 3.63) is 46.2 Å². The molecule has 0 radical (unpaired) electrons. The molecule has 2 rings (SSSR count). The average Bonchev–Trinajstić information content (AvgIpc) is 2.28. The summed E-state index contributed by atoms with van der Waals surface area (Å²) in [6, 6.07) is 8.78. The van der Waals surface area contributed by atoms with Crippen molar-refractivity contribution in [3.8, 4) is 0 Å². The van der Waals surface area contributed by atoms with Crippen LogP contribution >= 0.6 is 11.6 Å². The zero-order valence-electron chi connectivity index (χ0n) is 8.29. The molecule has 0 aliphatic carbocycles. The van der Waals surface area contributed by atoms with Crippen LogP contribution in [0.15, 0.2) is 35.1 Å². The molecule has 1 heterocycles. The average molecular weight is 237 g/mol. The fourth-order valence-corrected chi connectivity index (χ4v) is 1.59. The Morgan fingerprint density at radius 1 is 1.38 bits per heavy atom. The first kappa shape index (κ1) is 10.7. The second kappa shape index (κ2) is 4.37. The second-order valence-corrected chi connectivity index (χ2v) is 3.51. The summed E-state index contributed by atoms with van der Waals surface area (Å²) in [5, 5.41) is 3.18. The number of hydrogen-bond acceptors (Lipinski definition) is 2. The highest BCUT2D eigenvalue weighted by molar-refractivity contribution is 6.19. The van der Waals surface area contributed by atoms with Crippen LogP contribution < -0.4 is 10.9 Å². The summed E-state index contributed by atoms with van der Waals surface area (Å²) in [4.78, 5) is 25.7. The SMILES string of the molecule is O=C(NCCl)c1cc2ccccc2[nH]c1=O. The van der Waals surface area contributed by atoms with Crippen LogP contribution in [0.3, 0.4) is 0 Å². The van der Waals surface area contributed by atoms with E-state index in [9.17, 15) is 9.59 Å². The fraction of sp³-hybridized carbons (Fsp3) is 0.0909. The van der Waals surface area contributed by atoms with Crippen LogP contribution in [0.5, 0.6) is 0 Å². The molecule has 0 saturated heterocycles. The molecule has 5 heteroatoms. The van der Waals surface area contributed by atoms with E-state index >= 15 is 0 Å². The summed E-state index contributed by atoms with van der Waals surface area (Å²) < 4.78 is 0. The van der Waals surface area contributed by atoms with Gasteiger partial charge in [0.2, 0.25) is 0 Å². The number of benzene rings is 1. The Hall–Kier alpha value is -1.81. The molecular formula is C11H9ClN2O2. The number of nitrogens with one attached hydrogen (secondary N) is 2. The highest BCUT2D eigenvalue weighted by Gasteiger charge is 2.10. The van der Waals surface area contributed by atoms with Crippen molar-refractivity contribution in [2.24, 2.45) is 0 Å². The summed E-state index contributed by atoms with van der Waals surface area (Å²) in [5.74, 6) is -0.470. The van der Waals surface area contributed by atoms with Crippen LogP contribution in [-0.4, -0.2) is 16.9 Å². The molecule has 2 aromatic rings. The first-order valence-electron chi connectivity index (χ1n) is 4.68. The van der Waals surface area contributed by atoms with E-state index in [1.54, 1.807) is 12.1 Å². The zero-order chi connectivity index (χ0) is 11.5. The molecule has 1 aromatic heterocycles. The third-order valence-electron chi connectivity index (χ3n) is 2.23. The summed E-state index contributed by atoms with van der Waals surface area (Å²) in [7, 11) is 0. The fourth-order valence-electron chi connectivity index (χ4n) is 1.47. The molecule has 0 aliphatic rings. The molecule has 0 bridgehead atoms. The normalized spacial score (nSPS) is 10.3. The quantitative estimate of drug-likeness (QED) is 0.613. The van der Waals surface area contributed by atoms with Gasteiger partial charge in [0.1, 0.15) is 5.56 Å². The number of para-hydroxylation sites is 1. The topological polar surface area (TPSA) is 62.0 Å². The number of carbonyl (C=O) groups excluding carboxylic acids is 1. The lowest BCUT2D eigenvalue weighted by Gasteiger charge is -2.02. The van der Waals surface area contributed by atoms with Crippen molar-refractivity contribution in [2.75, 3.05) is 6.00 Å². The van der Waals surface area contributed by atoms with Gasteiger partial charge in [0.05, 0.1) is 6.00 Å². The maximum absolute atomic E-state index is 11.6. The van der Waals surface area contributed by atoms with E-state index in [4.69, 9.17) is 11.6 Å². The maximum Gasteiger partial charge on any atom is 0.261 e. The van der Waals surface area contributed by atoms with Crippen molar-refractivity contribution < 1.29 is 4.79 Å². The minimum Gasteiger partial charge on any atom is -0.338 e. The van der Waals surface area contributed by atoms with Crippen molar-refractivity contribution >= 4 is 28.4 Å². The summed E-state index contributed by atoms with van der Waals surface area (Å²) in [6.45, 7) is 0. The summed E-state index contributed by atoms with van der Waals surface area (Å²) in [5.41, 5.74) is 0.357. The summed E-state index contributed by atoms with van der Waals surface area (Å²) in [6.07, 6.45) is 0. The van der Waals surface area contributed by atoms with Crippen LogP contribution in [0.1, 0.15) is 10.4 Å². The monoisotopic (exact) mass is 236 g/mol. The number of aromatic amines is 1. The highest BCUT2D eigenvalue weighted by Crippen LogP contribution is 2.09. The lowest BCUT2D eigenvalue weighted by Crippen LogP contribution is -2.28. The van der Waals surface area contributed by atoms with Crippen LogP contribution in [-0.2, 0) is 0 Å². The molecule has 4 nitrogen and oxygen atoms in total. The van der Waals surface area contributed by atoms with Gasteiger partial charge in [0.15, 0.2) is 0 Å². The molecule has 16 heavy (non-hydrogen) atoms. The molecular weight excluding hydrogens is 228 g/mol. The Labute approximate surface area is 96.2 Å². The molecule has 1 amide bonds. The van der Waals surface area contributed by atoms with E-state index in [0.717, 1.165) is 5.39 Å². The molecule has 0 saturated carbocycles. The highest BCUT2D eigenvalue weighted by atomic mass is 35.5. The molecule has 0 atom stereocenters. The van der Waals surface area contributed by atoms with Crippen molar-refractivity contribution in [1.82, 2.24) is 10.3 Å². The first-order chi connectivity index (χ1) is 7.72. The smallest absolute Gasteiger partial charge is 0.261 e. The predicted octanol–water partition coefficient (Wildman–Crippen LogP) is 1.45. The van der Waals surface area contributed by atoms with Crippen molar-refractivity contribution in [1.29, 1.82) is 0 Å². The summed E-state index contributed by atoms with van der Waals surface area (Å²) >= 11 is 5.37. The number of halogens is 1. The van der Waals surface area contributed by atoms with Gasteiger partial charge in [-0.15, -0.1) is 11.6 Å². The number of hydrogen-bond donors (Lipinski definition) is 2. The van der Waals surface area contributed by atoms with Gasteiger partial charge in [0, 0.05) is 5.52 Å². The molecule has 2 N–H and O–H groups in total. The van der Waals surface area contributed by atoms with Gasteiger partial charge >= 0.3 is 0 Å². The molecule has 0 unspecified atom stereocenters. The zero-order valence-corrected chi connectivity index (χ0v) is 9.04. The van der Waals surface area contributed by atoms with Crippen molar-refractivity contribution in [2.45, 2.75) is 0 Å². The Bertz CT molecular complexity index is 592. The van der Waals surface area contributed by atoms with E-state index in [1.165, 1.54) is 0 Å². The van der Waals surface area contributed by atoms with E-state index in [1.807, 2.05) is 18.2 Å². The van der Waals surface area contributed by atoms with Gasteiger partial charge in [-0.25, -0.2) is 0 Å². The van der Waals surface area contributed by atoms with Gasteiger partial charge in [-0.3, -0.25) is 9.59 Å².